The molecule has 0 saturated heterocycles. The maximum atomic E-state index is 12.3. The molecular formula is C15H16Cl2N4OS. The topological polar surface area (TPSA) is 59.8 Å². The minimum atomic E-state index is -0.378. The maximum absolute atomic E-state index is 12.3. The quantitative estimate of drug-likeness (QED) is 0.611. The van der Waals surface area contributed by atoms with Crippen molar-refractivity contribution in [3.8, 4) is 0 Å². The van der Waals surface area contributed by atoms with Crippen LogP contribution in [0.2, 0.25) is 10.0 Å². The van der Waals surface area contributed by atoms with Crippen LogP contribution in [-0.4, -0.2) is 25.9 Å². The molecule has 1 amide bonds. The Balaban J connectivity index is 2.08. The average molecular weight is 371 g/mol. The van der Waals surface area contributed by atoms with E-state index < -0.39 is 0 Å². The van der Waals surface area contributed by atoms with Gasteiger partial charge in [-0.2, -0.15) is 0 Å². The number of halogens is 2. The highest BCUT2D eigenvalue weighted by molar-refractivity contribution is 8.00. The van der Waals surface area contributed by atoms with Crippen LogP contribution in [0, 0.1) is 6.92 Å². The maximum Gasteiger partial charge on any atom is 0.237 e. The third kappa shape index (κ3) is 4.28. The highest BCUT2D eigenvalue weighted by atomic mass is 35.5. The second kappa shape index (κ2) is 7.86. The fraction of sp³-hybridized carbons (Fsp3) is 0.267. The van der Waals surface area contributed by atoms with Crippen LogP contribution in [-0.2, 0) is 11.3 Å². The van der Waals surface area contributed by atoms with E-state index in [1.807, 2.05) is 11.5 Å². The van der Waals surface area contributed by atoms with Gasteiger partial charge >= 0.3 is 0 Å². The Bertz CT molecular complexity index is 732. The number of carbonyl (C=O) groups excluding carboxylic acids is 1. The first-order valence-corrected chi connectivity index (χ1v) is 8.49. The molecule has 1 heterocycles. The minimum Gasteiger partial charge on any atom is -0.324 e. The van der Waals surface area contributed by atoms with Crippen molar-refractivity contribution in [3.05, 3.63) is 46.7 Å². The van der Waals surface area contributed by atoms with Gasteiger partial charge in [-0.25, -0.2) is 0 Å². The molecule has 2 aromatic rings. The van der Waals surface area contributed by atoms with Crippen molar-refractivity contribution in [2.45, 2.75) is 30.8 Å². The highest BCUT2D eigenvalue weighted by Crippen LogP contribution is 2.30. The number of nitrogens with one attached hydrogen (secondary N) is 1. The Morgan fingerprint density at radius 1 is 1.48 bits per heavy atom. The summed E-state index contributed by atoms with van der Waals surface area (Å²) in [5.41, 5.74) is 0.486. The first kappa shape index (κ1) is 17.8. The molecule has 0 saturated carbocycles. The van der Waals surface area contributed by atoms with Crippen molar-refractivity contribution < 1.29 is 4.79 Å². The van der Waals surface area contributed by atoms with Crippen molar-refractivity contribution in [2.24, 2.45) is 0 Å². The predicted octanol–water partition coefficient (Wildman–Crippen LogP) is 4.20. The van der Waals surface area contributed by atoms with Gasteiger partial charge < -0.3 is 9.88 Å². The lowest BCUT2D eigenvalue weighted by Gasteiger charge is -2.13. The van der Waals surface area contributed by atoms with Crippen molar-refractivity contribution in [1.82, 2.24) is 14.8 Å². The van der Waals surface area contributed by atoms with E-state index in [0.717, 1.165) is 5.82 Å². The van der Waals surface area contributed by atoms with Gasteiger partial charge in [0.15, 0.2) is 5.16 Å². The van der Waals surface area contributed by atoms with E-state index in [4.69, 9.17) is 23.2 Å². The second-order valence-electron chi connectivity index (χ2n) is 4.78. The number of anilines is 1. The molecule has 0 aliphatic carbocycles. The van der Waals surface area contributed by atoms with Crippen LogP contribution in [0.1, 0.15) is 12.7 Å². The molecule has 0 aliphatic heterocycles. The Morgan fingerprint density at radius 3 is 2.91 bits per heavy atom. The molecule has 0 radical (unpaired) electrons. The fourth-order valence-corrected chi connectivity index (χ4v) is 3.09. The molecule has 1 aromatic heterocycles. The van der Waals surface area contributed by atoms with Gasteiger partial charge in [0, 0.05) is 6.54 Å². The van der Waals surface area contributed by atoms with Gasteiger partial charge in [0.1, 0.15) is 5.82 Å². The molecule has 2 rings (SSSR count). The number of rotatable bonds is 6. The lowest BCUT2D eigenvalue weighted by Crippen LogP contribution is -2.23. The molecule has 0 aliphatic rings. The summed E-state index contributed by atoms with van der Waals surface area (Å²) in [6.45, 7) is 7.96. The number of aromatic nitrogens is 3. The van der Waals surface area contributed by atoms with Crippen molar-refractivity contribution in [1.29, 1.82) is 0 Å². The number of aryl methyl sites for hydroxylation is 1. The molecule has 0 unspecified atom stereocenters. The predicted molar refractivity (Wildman–Crippen MR) is 95.4 cm³/mol. The Kier molecular flexibility index (Phi) is 6.10. The summed E-state index contributed by atoms with van der Waals surface area (Å²) in [4.78, 5) is 12.3. The summed E-state index contributed by atoms with van der Waals surface area (Å²) in [7, 11) is 0. The first-order valence-electron chi connectivity index (χ1n) is 6.86. The van der Waals surface area contributed by atoms with E-state index in [2.05, 4.69) is 22.1 Å². The fourth-order valence-electron chi connectivity index (χ4n) is 1.83. The molecule has 0 bridgehead atoms. The van der Waals surface area contributed by atoms with Crippen LogP contribution >= 0.6 is 35.0 Å². The minimum absolute atomic E-state index is 0.190. The monoisotopic (exact) mass is 370 g/mol. The van der Waals surface area contributed by atoms with E-state index in [1.54, 1.807) is 31.2 Å². The third-order valence-corrected chi connectivity index (χ3v) is 4.97. The lowest BCUT2D eigenvalue weighted by molar-refractivity contribution is -0.115. The van der Waals surface area contributed by atoms with Gasteiger partial charge in [-0.05, 0) is 26.0 Å². The Morgan fingerprint density at radius 2 is 2.22 bits per heavy atom. The Hall–Kier alpha value is -1.50. The molecule has 23 heavy (non-hydrogen) atoms. The van der Waals surface area contributed by atoms with Gasteiger partial charge in [-0.3, -0.25) is 4.79 Å². The van der Waals surface area contributed by atoms with E-state index in [1.165, 1.54) is 11.8 Å². The van der Waals surface area contributed by atoms with E-state index >= 15 is 0 Å². The highest BCUT2D eigenvalue weighted by Gasteiger charge is 2.20. The van der Waals surface area contributed by atoms with E-state index in [-0.39, 0.29) is 11.2 Å². The van der Waals surface area contributed by atoms with Crippen LogP contribution < -0.4 is 5.32 Å². The summed E-state index contributed by atoms with van der Waals surface area (Å²) in [5, 5.41) is 11.9. The first-order chi connectivity index (χ1) is 10.9. The zero-order valence-corrected chi connectivity index (χ0v) is 15.0. The van der Waals surface area contributed by atoms with Crippen LogP contribution in [0.3, 0.4) is 0 Å². The number of hydrogen-bond donors (Lipinski definition) is 1. The lowest BCUT2D eigenvalue weighted by atomic mass is 10.3. The van der Waals surface area contributed by atoms with Crippen LogP contribution in [0.5, 0.6) is 0 Å². The smallest absolute Gasteiger partial charge is 0.237 e. The van der Waals surface area contributed by atoms with Crippen molar-refractivity contribution in [3.63, 3.8) is 0 Å². The second-order valence-corrected chi connectivity index (χ2v) is 6.87. The van der Waals surface area contributed by atoms with Gasteiger partial charge in [0.25, 0.3) is 0 Å². The van der Waals surface area contributed by atoms with Crippen LogP contribution in [0.25, 0.3) is 0 Å². The van der Waals surface area contributed by atoms with Crippen molar-refractivity contribution >= 4 is 46.6 Å². The Labute approximate surface area is 149 Å². The number of hydrogen-bond acceptors (Lipinski definition) is 4. The zero-order valence-electron chi connectivity index (χ0n) is 12.7. The van der Waals surface area contributed by atoms with E-state index in [9.17, 15) is 4.79 Å². The molecule has 1 atom stereocenters. The summed E-state index contributed by atoms with van der Waals surface area (Å²) in [6, 6.07) is 5.10. The van der Waals surface area contributed by atoms with Gasteiger partial charge in [0.2, 0.25) is 5.91 Å². The molecule has 1 N–H and O–H groups in total. The number of nitrogens with zero attached hydrogens (tertiary/aromatic N) is 3. The number of carbonyl (C=O) groups is 1. The molecule has 0 fully saturated rings. The largest absolute Gasteiger partial charge is 0.324 e. The summed E-state index contributed by atoms with van der Waals surface area (Å²) >= 11 is 13.3. The number of benzene rings is 1. The van der Waals surface area contributed by atoms with Crippen molar-refractivity contribution in [2.75, 3.05) is 5.32 Å². The molecule has 1 aromatic carbocycles. The number of allylic oxidation sites excluding steroid dienone is 1. The van der Waals surface area contributed by atoms with Crippen LogP contribution in [0.15, 0.2) is 36.0 Å². The summed E-state index contributed by atoms with van der Waals surface area (Å²) < 4.78 is 1.90. The summed E-state index contributed by atoms with van der Waals surface area (Å²) in [5.74, 6) is 0.586. The molecular weight excluding hydrogens is 355 g/mol. The average Bonchev–Trinajstić information content (AvgIpc) is 2.85. The molecule has 0 spiro atoms. The van der Waals surface area contributed by atoms with E-state index in [0.29, 0.717) is 27.4 Å². The number of thioether (sulfide) groups is 1. The standard InChI is InChI=1S/C15H16Cl2N4OS/c1-4-8-21-10(3)19-20-15(21)23-9(2)14(22)18-12-7-5-6-11(16)13(12)17/h4-7,9H,1,8H2,2-3H3,(H,18,22)/t9-/m0/s1. The molecule has 122 valence electrons. The summed E-state index contributed by atoms with van der Waals surface area (Å²) in [6.07, 6.45) is 1.76. The van der Waals surface area contributed by atoms with Crippen LogP contribution in [0.4, 0.5) is 5.69 Å². The number of amides is 1. The molecule has 5 nitrogen and oxygen atoms in total. The molecule has 8 heteroatoms. The van der Waals surface area contributed by atoms with Gasteiger partial charge in [-0.1, -0.05) is 47.1 Å². The third-order valence-electron chi connectivity index (χ3n) is 3.07. The zero-order chi connectivity index (χ0) is 17.0. The van der Waals surface area contributed by atoms with Gasteiger partial charge in [0.05, 0.1) is 21.0 Å². The SMILES string of the molecule is C=CCn1c(C)nnc1S[C@@H](C)C(=O)Nc1cccc(Cl)c1Cl. The normalized spacial score (nSPS) is 12.0. The van der Waals surface area contributed by atoms with Gasteiger partial charge in [-0.15, -0.1) is 16.8 Å².